The van der Waals surface area contributed by atoms with Crippen LogP contribution in [-0.2, 0) is 0 Å². The van der Waals surface area contributed by atoms with Crippen LogP contribution >= 0.6 is 0 Å². The van der Waals surface area contributed by atoms with E-state index in [1.807, 2.05) is 6.07 Å². The second kappa shape index (κ2) is 5.11. The number of nitrogens with zero attached hydrogens (tertiary/aromatic N) is 1. The maximum Gasteiger partial charge on any atom is 0.190 e. The molecule has 0 heterocycles. The minimum Gasteiger partial charge on any atom is -0.485 e. The summed E-state index contributed by atoms with van der Waals surface area (Å²) >= 11 is 0. The van der Waals surface area contributed by atoms with Gasteiger partial charge in [-0.15, -0.1) is 0 Å². The van der Waals surface area contributed by atoms with Crippen LogP contribution in [0, 0.1) is 23.0 Å². The molecule has 0 amide bonds. The van der Waals surface area contributed by atoms with Gasteiger partial charge in [0, 0.05) is 6.04 Å². The molecule has 1 aliphatic carbocycles. The van der Waals surface area contributed by atoms with Crippen molar-refractivity contribution in [2.75, 3.05) is 6.61 Å². The number of para-hydroxylation sites is 1. The third-order valence-corrected chi connectivity index (χ3v) is 2.48. The number of halogens is 2. The summed E-state index contributed by atoms with van der Waals surface area (Å²) < 4.78 is 31.4. The van der Waals surface area contributed by atoms with E-state index in [4.69, 9.17) is 10.00 Å². The molecule has 0 aliphatic heterocycles. The van der Waals surface area contributed by atoms with E-state index < -0.39 is 23.4 Å². The van der Waals surface area contributed by atoms with Gasteiger partial charge in [0.05, 0.1) is 6.07 Å². The number of ether oxygens (including phenoxy) is 1. The van der Waals surface area contributed by atoms with Crippen LogP contribution in [-0.4, -0.2) is 18.7 Å². The normalized spacial score (nSPS) is 16.3. The van der Waals surface area contributed by atoms with Gasteiger partial charge in [-0.1, -0.05) is 6.07 Å². The van der Waals surface area contributed by atoms with E-state index in [0.717, 1.165) is 25.0 Å². The van der Waals surface area contributed by atoms with Gasteiger partial charge in [0.2, 0.25) is 0 Å². The number of benzene rings is 1. The van der Waals surface area contributed by atoms with Crippen molar-refractivity contribution in [2.24, 2.45) is 0 Å². The summed E-state index contributed by atoms with van der Waals surface area (Å²) in [6.45, 7) is -0.0646. The van der Waals surface area contributed by atoms with Crippen LogP contribution in [0.2, 0.25) is 0 Å². The Kier molecular flexibility index (Phi) is 3.55. The van der Waals surface area contributed by atoms with Crippen LogP contribution in [0.1, 0.15) is 12.8 Å². The molecule has 1 unspecified atom stereocenters. The number of nitriles is 1. The largest absolute Gasteiger partial charge is 0.485 e. The smallest absolute Gasteiger partial charge is 0.190 e. The number of nitrogens with one attached hydrogen (secondary N) is 1. The molecule has 1 saturated carbocycles. The fourth-order valence-corrected chi connectivity index (χ4v) is 1.44. The average Bonchev–Trinajstić information content (AvgIpc) is 3.10. The fraction of sp³-hybridized carbons (Fsp3) is 0.417. The fourth-order valence-electron chi connectivity index (χ4n) is 1.44. The highest BCUT2D eigenvalue weighted by atomic mass is 19.1. The summed E-state index contributed by atoms with van der Waals surface area (Å²) in [5, 5.41) is 11.9. The number of hydrogen-bond donors (Lipinski definition) is 1. The van der Waals surface area contributed by atoms with Gasteiger partial charge in [0.25, 0.3) is 0 Å². The highest BCUT2D eigenvalue weighted by molar-refractivity contribution is 5.26. The molecule has 1 fully saturated rings. The quantitative estimate of drug-likeness (QED) is 0.853. The Hall–Kier alpha value is -1.67. The molecule has 0 aromatic heterocycles. The van der Waals surface area contributed by atoms with Gasteiger partial charge >= 0.3 is 0 Å². The third-order valence-electron chi connectivity index (χ3n) is 2.48. The van der Waals surface area contributed by atoms with Gasteiger partial charge in [-0.05, 0) is 25.0 Å². The molecular weight excluding hydrogens is 226 g/mol. The van der Waals surface area contributed by atoms with Crippen molar-refractivity contribution in [1.82, 2.24) is 5.32 Å². The molecule has 90 valence electrons. The van der Waals surface area contributed by atoms with E-state index in [1.54, 1.807) is 0 Å². The Balaban J connectivity index is 1.93. The van der Waals surface area contributed by atoms with E-state index in [9.17, 15) is 8.78 Å². The molecule has 1 aromatic rings. The van der Waals surface area contributed by atoms with Crippen LogP contribution in [0.4, 0.5) is 8.78 Å². The van der Waals surface area contributed by atoms with Gasteiger partial charge in [-0.2, -0.15) is 5.26 Å². The van der Waals surface area contributed by atoms with Crippen molar-refractivity contribution in [3.63, 3.8) is 0 Å². The molecule has 0 radical (unpaired) electrons. The summed E-state index contributed by atoms with van der Waals surface area (Å²) in [5.74, 6) is -1.94. The van der Waals surface area contributed by atoms with E-state index in [0.29, 0.717) is 6.04 Å². The summed E-state index contributed by atoms with van der Waals surface area (Å²) in [6.07, 6.45) is 2.07. The van der Waals surface area contributed by atoms with Crippen molar-refractivity contribution < 1.29 is 13.5 Å². The minimum absolute atomic E-state index is 0.0646. The molecular formula is C12H12F2N2O. The molecule has 2 rings (SSSR count). The molecule has 1 atom stereocenters. The first-order valence-corrected chi connectivity index (χ1v) is 5.43. The summed E-state index contributed by atoms with van der Waals surface area (Å²) in [4.78, 5) is 0. The first-order chi connectivity index (χ1) is 8.20. The second-order valence-corrected chi connectivity index (χ2v) is 3.98. The predicted molar refractivity (Wildman–Crippen MR) is 57.4 cm³/mol. The van der Waals surface area contributed by atoms with E-state index in [1.165, 1.54) is 6.07 Å². The van der Waals surface area contributed by atoms with Gasteiger partial charge in [0.15, 0.2) is 17.4 Å². The molecule has 1 aromatic carbocycles. The molecule has 0 bridgehead atoms. The maximum absolute atomic E-state index is 13.2. The highest BCUT2D eigenvalue weighted by Crippen LogP contribution is 2.22. The standard InChI is InChI=1S/C12H12F2N2O/c13-10-2-1-3-11(14)12(10)17-7-9(6-15)16-8-4-5-8/h1-3,8-9,16H,4-5,7H2. The maximum atomic E-state index is 13.2. The Morgan fingerprint density at radius 2 is 2.06 bits per heavy atom. The summed E-state index contributed by atoms with van der Waals surface area (Å²) in [5.41, 5.74) is 0. The van der Waals surface area contributed by atoms with Crippen molar-refractivity contribution in [3.8, 4) is 11.8 Å². The first kappa shape index (κ1) is 11.8. The van der Waals surface area contributed by atoms with Gasteiger partial charge in [-0.3, -0.25) is 5.32 Å². The monoisotopic (exact) mass is 238 g/mol. The zero-order valence-corrected chi connectivity index (χ0v) is 9.12. The second-order valence-electron chi connectivity index (χ2n) is 3.98. The average molecular weight is 238 g/mol. The zero-order chi connectivity index (χ0) is 12.3. The SMILES string of the molecule is N#CC(COc1c(F)cccc1F)NC1CC1. The molecule has 1 aliphatic rings. The highest BCUT2D eigenvalue weighted by Gasteiger charge is 2.25. The number of rotatable bonds is 5. The molecule has 0 saturated heterocycles. The van der Waals surface area contributed by atoms with E-state index in [-0.39, 0.29) is 6.61 Å². The van der Waals surface area contributed by atoms with Gasteiger partial charge in [0.1, 0.15) is 12.6 Å². The topological polar surface area (TPSA) is 45.0 Å². The Morgan fingerprint density at radius 1 is 1.41 bits per heavy atom. The summed E-state index contributed by atoms with van der Waals surface area (Å²) in [6, 6.07) is 5.31. The van der Waals surface area contributed by atoms with E-state index in [2.05, 4.69) is 5.32 Å². The van der Waals surface area contributed by atoms with Gasteiger partial charge < -0.3 is 4.74 Å². The van der Waals surface area contributed by atoms with Crippen LogP contribution in [0.5, 0.6) is 5.75 Å². The van der Waals surface area contributed by atoms with Crippen molar-refractivity contribution in [3.05, 3.63) is 29.8 Å². The van der Waals surface area contributed by atoms with Crippen molar-refractivity contribution in [2.45, 2.75) is 24.9 Å². The van der Waals surface area contributed by atoms with Crippen molar-refractivity contribution >= 4 is 0 Å². The van der Waals surface area contributed by atoms with Crippen LogP contribution in [0.3, 0.4) is 0 Å². The van der Waals surface area contributed by atoms with Crippen LogP contribution < -0.4 is 10.1 Å². The lowest BCUT2D eigenvalue weighted by Gasteiger charge is -2.13. The van der Waals surface area contributed by atoms with Gasteiger partial charge in [-0.25, -0.2) is 8.78 Å². The van der Waals surface area contributed by atoms with E-state index >= 15 is 0 Å². The summed E-state index contributed by atoms with van der Waals surface area (Å²) in [7, 11) is 0. The third kappa shape index (κ3) is 3.14. The van der Waals surface area contributed by atoms with Crippen LogP contribution in [0.15, 0.2) is 18.2 Å². The van der Waals surface area contributed by atoms with Crippen molar-refractivity contribution in [1.29, 1.82) is 5.26 Å². The lowest BCUT2D eigenvalue weighted by molar-refractivity contribution is 0.262. The Morgan fingerprint density at radius 3 is 2.59 bits per heavy atom. The molecule has 3 nitrogen and oxygen atoms in total. The predicted octanol–water partition coefficient (Wildman–Crippen LogP) is 1.99. The molecule has 17 heavy (non-hydrogen) atoms. The Labute approximate surface area is 98.0 Å². The molecule has 1 N–H and O–H groups in total. The lowest BCUT2D eigenvalue weighted by Crippen LogP contribution is -2.35. The van der Waals surface area contributed by atoms with Crippen LogP contribution in [0.25, 0.3) is 0 Å². The lowest BCUT2D eigenvalue weighted by atomic mass is 10.3. The number of hydrogen-bond acceptors (Lipinski definition) is 3. The molecule has 0 spiro atoms. The zero-order valence-electron chi connectivity index (χ0n) is 9.12. The minimum atomic E-state index is -0.756. The first-order valence-electron chi connectivity index (χ1n) is 5.43. The Bertz CT molecular complexity index is 420. The molecule has 5 heteroatoms.